The Bertz CT molecular complexity index is 757. The molecule has 2 atom stereocenters. The average molecular weight is 430 g/mol. The Morgan fingerprint density at radius 2 is 1.68 bits per heavy atom. The van der Waals surface area contributed by atoms with Gasteiger partial charge in [-0.15, -0.1) is 12.4 Å². The number of nitrogens with one attached hydrogen (secondary N) is 1. The first-order valence-electron chi connectivity index (χ1n) is 9.94. The number of piperazine rings is 1. The fraction of sp³-hybridized carbons (Fsp3) is 0.650. The van der Waals surface area contributed by atoms with Crippen LogP contribution in [0.1, 0.15) is 38.7 Å². The number of sulfonamides is 1. The highest BCUT2D eigenvalue weighted by Gasteiger charge is 2.35. The molecule has 3 rings (SSSR count). The predicted octanol–water partition coefficient (Wildman–Crippen LogP) is 2.31. The van der Waals surface area contributed by atoms with Crippen molar-refractivity contribution in [2.24, 2.45) is 11.8 Å². The van der Waals surface area contributed by atoms with Gasteiger partial charge in [0.25, 0.3) is 0 Å². The van der Waals surface area contributed by atoms with Crippen molar-refractivity contribution in [3.63, 3.8) is 0 Å². The molecule has 0 aromatic heterocycles. The van der Waals surface area contributed by atoms with Crippen LogP contribution in [0, 0.1) is 11.8 Å². The van der Waals surface area contributed by atoms with Crippen LogP contribution >= 0.6 is 12.4 Å². The van der Waals surface area contributed by atoms with Gasteiger partial charge in [0, 0.05) is 32.1 Å². The summed E-state index contributed by atoms with van der Waals surface area (Å²) in [5.74, 6) is 0.978. The number of hydrogen-bond donors (Lipinski definition) is 1. The van der Waals surface area contributed by atoms with Crippen molar-refractivity contribution < 1.29 is 13.2 Å². The van der Waals surface area contributed by atoms with E-state index in [0.29, 0.717) is 42.9 Å². The lowest BCUT2D eigenvalue weighted by molar-refractivity contribution is -0.138. The highest BCUT2D eigenvalue weighted by atomic mass is 35.5. The standard InChI is InChI=1S/C20H31N3O3S.ClH/c1-4-15(2)17-5-7-19(8-6-17)27(25,26)23-11-9-22(10-12-23)20(24)16(3)18-13-21-14-18;/h5-8,15-16,18,21H,4,9-14H2,1-3H3;1H. The van der Waals surface area contributed by atoms with Crippen LogP contribution in [-0.4, -0.2) is 62.8 Å². The topological polar surface area (TPSA) is 69.7 Å². The summed E-state index contributed by atoms with van der Waals surface area (Å²) in [6.45, 7) is 9.69. The molecule has 2 aliphatic heterocycles. The number of halogens is 1. The zero-order valence-corrected chi connectivity index (χ0v) is 18.6. The van der Waals surface area contributed by atoms with Crippen molar-refractivity contribution in [1.29, 1.82) is 0 Å². The Hall–Kier alpha value is -1.15. The van der Waals surface area contributed by atoms with Gasteiger partial charge in [0.15, 0.2) is 0 Å². The van der Waals surface area contributed by atoms with E-state index in [2.05, 4.69) is 19.2 Å². The van der Waals surface area contributed by atoms with E-state index in [1.165, 1.54) is 4.31 Å². The third kappa shape index (κ3) is 4.70. The van der Waals surface area contributed by atoms with Crippen LogP contribution in [0.2, 0.25) is 0 Å². The van der Waals surface area contributed by atoms with E-state index in [9.17, 15) is 13.2 Å². The van der Waals surface area contributed by atoms with E-state index in [-0.39, 0.29) is 24.2 Å². The van der Waals surface area contributed by atoms with Crippen molar-refractivity contribution in [3.05, 3.63) is 29.8 Å². The summed E-state index contributed by atoms with van der Waals surface area (Å²) in [5, 5.41) is 3.20. The van der Waals surface area contributed by atoms with Gasteiger partial charge in [0.1, 0.15) is 0 Å². The minimum absolute atomic E-state index is 0. The molecule has 0 saturated carbocycles. The average Bonchev–Trinajstić information content (AvgIpc) is 2.65. The maximum absolute atomic E-state index is 12.9. The molecule has 2 fully saturated rings. The molecule has 0 spiro atoms. The van der Waals surface area contributed by atoms with E-state index in [1.807, 2.05) is 24.0 Å². The normalized spacial score (nSPS) is 20.8. The van der Waals surface area contributed by atoms with Gasteiger partial charge in [-0.1, -0.05) is 32.9 Å². The lowest BCUT2D eigenvalue weighted by Crippen LogP contribution is -2.55. The van der Waals surface area contributed by atoms with Gasteiger partial charge in [-0.25, -0.2) is 8.42 Å². The lowest BCUT2D eigenvalue weighted by atomic mass is 9.88. The Morgan fingerprint density at radius 1 is 1.11 bits per heavy atom. The largest absolute Gasteiger partial charge is 0.340 e. The first-order chi connectivity index (χ1) is 12.8. The Balaban J connectivity index is 0.00000280. The fourth-order valence-corrected chi connectivity index (χ4v) is 5.08. The van der Waals surface area contributed by atoms with E-state index in [4.69, 9.17) is 0 Å². The molecule has 0 radical (unpaired) electrons. The van der Waals surface area contributed by atoms with Crippen LogP contribution in [0.15, 0.2) is 29.2 Å². The van der Waals surface area contributed by atoms with Gasteiger partial charge < -0.3 is 10.2 Å². The van der Waals surface area contributed by atoms with Crippen LogP contribution < -0.4 is 5.32 Å². The molecule has 1 aromatic rings. The molecule has 0 bridgehead atoms. The zero-order chi connectivity index (χ0) is 19.6. The van der Waals surface area contributed by atoms with E-state index in [1.54, 1.807) is 12.1 Å². The van der Waals surface area contributed by atoms with Crippen molar-refractivity contribution >= 4 is 28.3 Å². The molecule has 6 nitrogen and oxygen atoms in total. The minimum Gasteiger partial charge on any atom is -0.340 e. The van der Waals surface area contributed by atoms with Gasteiger partial charge >= 0.3 is 0 Å². The van der Waals surface area contributed by atoms with Crippen molar-refractivity contribution in [3.8, 4) is 0 Å². The van der Waals surface area contributed by atoms with Gasteiger partial charge in [0.2, 0.25) is 15.9 Å². The molecule has 8 heteroatoms. The fourth-order valence-electron chi connectivity index (χ4n) is 3.66. The number of carbonyl (C=O) groups excluding carboxylic acids is 1. The molecular weight excluding hydrogens is 398 g/mol. The zero-order valence-electron chi connectivity index (χ0n) is 16.9. The molecule has 2 unspecified atom stereocenters. The van der Waals surface area contributed by atoms with Gasteiger partial charge in [-0.3, -0.25) is 4.79 Å². The molecule has 2 saturated heterocycles. The molecule has 2 heterocycles. The molecule has 1 aromatic carbocycles. The number of amides is 1. The smallest absolute Gasteiger partial charge is 0.243 e. The quantitative estimate of drug-likeness (QED) is 0.753. The summed E-state index contributed by atoms with van der Waals surface area (Å²) in [6.07, 6.45) is 1.03. The van der Waals surface area contributed by atoms with Gasteiger partial charge in [-0.2, -0.15) is 4.31 Å². The number of nitrogens with zero attached hydrogens (tertiary/aromatic N) is 2. The first kappa shape index (κ1) is 23.1. The second kappa shape index (κ2) is 9.57. The third-order valence-corrected chi connectivity index (χ3v) is 8.07. The molecule has 158 valence electrons. The second-order valence-electron chi connectivity index (χ2n) is 7.81. The number of carbonyl (C=O) groups is 1. The summed E-state index contributed by atoms with van der Waals surface area (Å²) >= 11 is 0. The molecular formula is C20H32ClN3O3S. The Morgan fingerprint density at radius 3 is 2.14 bits per heavy atom. The molecule has 28 heavy (non-hydrogen) atoms. The molecule has 1 N–H and O–H groups in total. The van der Waals surface area contributed by atoms with Crippen LogP contribution in [-0.2, 0) is 14.8 Å². The summed E-state index contributed by atoms with van der Waals surface area (Å²) < 4.78 is 27.4. The monoisotopic (exact) mass is 429 g/mol. The highest BCUT2D eigenvalue weighted by Crippen LogP contribution is 2.24. The highest BCUT2D eigenvalue weighted by molar-refractivity contribution is 7.89. The maximum Gasteiger partial charge on any atom is 0.243 e. The minimum atomic E-state index is -3.51. The van der Waals surface area contributed by atoms with Crippen LogP contribution in [0.3, 0.4) is 0 Å². The van der Waals surface area contributed by atoms with Gasteiger partial charge in [0.05, 0.1) is 4.90 Å². The number of benzene rings is 1. The van der Waals surface area contributed by atoms with Crippen molar-refractivity contribution in [2.75, 3.05) is 39.3 Å². The SMILES string of the molecule is CCC(C)c1ccc(S(=O)(=O)N2CCN(C(=O)C(C)C3CNC3)CC2)cc1.Cl. The third-order valence-electron chi connectivity index (χ3n) is 6.16. The summed E-state index contributed by atoms with van der Waals surface area (Å²) in [6, 6.07) is 7.24. The summed E-state index contributed by atoms with van der Waals surface area (Å²) in [5.41, 5.74) is 1.16. The summed E-state index contributed by atoms with van der Waals surface area (Å²) in [4.78, 5) is 14.8. The Labute approximate surface area is 175 Å². The van der Waals surface area contributed by atoms with Crippen molar-refractivity contribution in [2.45, 2.75) is 38.0 Å². The second-order valence-corrected chi connectivity index (χ2v) is 9.75. The lowest BCUT2D eigenvalue weighted by Gasteiger charge is -2.38. The Kier molecular flexibility index (Phi) is 7.90. The number of rotatable bonds is 6. The molecule has 1 amide bonds. The first-order valence-corrected chi connectivity index (χ1v) is 11.4. The van der Waals surface area contributed by atoms with Crippen LogP contribution in [0.5, 0.6) is 0 Å². The summed E-state index contributed by atoms with van der Waals surface area (Å²) in [7, 11) is -3.51. The maximum atomic E-state index is 12.9. The number of hydrogen-bond acceptors (Lipinski definition) is 4. The van der Waals surface area contributed by atoms with Crippen molar-refractivity contribution in [1.82, 2.24) is 14.5 Å². The molecule has 0 aliphatic carbocycles. The van der Waals surface area contributed by atoms with Gasteiger partial charge in [-0.05, 0) is 49.0 Å². The van der Waals surface area contributed by atoms with E-state index in [0.717, 1.165) is 25.1 Å². The van der Waals surface area contributed by atoms with Crippen LogP contribution in [0.25, 0.3) is 0 Å². The van der Waals surface area contributed by atoms with E-state index < -0.39 is 10.0 Å². The van der Waals surface area contributed by atoms with E-state index >= 15 is 0 Å². The van der Waals surface area contributed by atoms with Crippen LogP contribution in [0.4, 0.5) is 0 Å². The molecule has 2 aliphatic rings. The predicted molar refractivity (Wildman–Crippen MR) is 113 cm³/mol.